The Kier molecular flexibility index (Phi) is 7.55. The highest BCUT2D eigenvalue weighted by Crippen LogP contribution is 2.33. The molecule has 5 aromatic carbocycles. The van der Waals surface area contributed by atoms with Crippen LogP contribution >= 0.6 is 0 Å². The van der Waals surface area contributed by atoms with Crippen molar-refractivity contribution >= 4 is 34.0 Å². The van der Waals surface area contributed by atoms with Gasteiger partial charge in [0, 0.05) is 12.6 Å². The molecular weight excluding hydrogens is 490 g/mol. The van der Waals surface area contributed by atoms with Gasteiger partial charge in [0.2, 0.25) is 5.91 Å². The molecule has 0 spiro atoms. The Hall–Kier alpha value is -5.10. The zero-order chi connectivity index (χ0) is 27.2. The Morgan fingerprint density at radius 3 is 2.00 bits per heavy atom. The molecule has 0 aliphatic carbocycles. The molecule has 0 aromatic heterocycles. The Morgan fingerprint density at radius 1 is 0.692 bits per heavy atom. The number of ether oxygens (including phenoxy) is 3. The van der Waals surface area contributed by atoms with Crippen LogP contribution in [0.25, 0.3) is 10.8 Å². The summed E-state index contributed by atoms with van der Waals surface area (Å²) in [6, 6.07) is 35.9. The first-order chi connectivity index (χ1) is 19.0. The van der Waals surface area contributed by atoms with Gasteiger partial charge in [0.15, 0.2) is 0 Å². The highest BCUT2D eigenvalue weighted by Gasteiger charge is 2.21. The molecule has 0 atom stereocenters. The third-order valence-corrected chi connectivity index (χ3v) is 6.23. The number of para-hydroxylation sites is 1. The van der Waals surface area contributed by atoms with Crippen molar-refractivity contribution in [1.82, 2.24) is 0 Å². The van der Waals surface area contributed by atoms with Crippen LogP contribution in [0.2, 0.25) is 0 Å². The number of amides is 1. The average Bonchev–Trinajstić information content (AvgIpc) is 2.97. The highest BCUT2D eigenvalue weighted by atomic mass is 16.5. The molecule has 0 radical (unpaired) electrons. The predicted octanol–water partition coefficient (Wildman–Crippen LogP) is 7.68. The van der Waals surface area contributed by atoms with Crippen LogP contribution < -0.4 is 14.4 Å². The summed E-state index contributed by atoms with van der Waals surface area (Å²) in [5.41, 5.74) is 2.48. The van der Waals surface area contributed by atoms with E-state index in [0.717, 1.165) is 22.1 Å². The summed E-state index contributed by atoms with van der Waals surface area (Å²) in [5, 5.41) is 2.07. The average molecular weight is 518 g/mol. The molecule has 194 valence electrons. The van der Waals surface area contributed by atoms with Gasteiger partial charge in [-0.05, 0) is 77.0 Å². The number of nitrogens with zero attached hydrogens (tertiary/aromatic N) is 1. The Balaban J connectivity index is 1.31. The van der Waals surface area contributed by atoms with Gasteiger partial charge in [-0.1, -0.05) is 54.6 Å². The molecule has 0 aliphatic heterocycles. The van der Waals surface area contributed by atoms with Crippen molar-refractivity contribution in [3.63, 3.8) is 0 Å². The van der Waals surface area contributed by atoms with Crippen molar-refractivity contribution in [1.29, 1.82) is 0 Å². The summed E-state index contributed by atoms with van der Waals surface area (Å²) in [5.74, 6) is 1.36. The van der Waals surface area contributed by atoms with E-state index in [2.05, 4.69) is 0 Å². The van der Waals surface area contributed by atoms with Crippen molar-refractivity contribution in [2.45, 2.75) is 13.5 Å². The van der Waals surface area contributed by atoms with Crippen LogP contribution in [0, 0.1) is 0 Å². The predicted molar refractivity (Wildman–Crippen MR) is 152 cm³/mol. The molecule has 0 bridgehead atoms. The van der Waals surface area contributed by atoms with Crippen LogP contribution in [0.3, 0.4) is 0 Å². The second kappa shape index (κ2) is 11.5. The zero-order valence-electron chi connectivity index (χ0n) is 21.7. The van der Waals surface area contributed by atoms with Crippen LogP contribution in [0.4, 0.5) is 11.4 Å². The first-order valence-electron chi connectivity index (χ1n) is 12.5. The summed E-state index contributed by atoms with van der Waals surface area (Å²) in [7, 11) is 1.31. The maximum atomic E-state index is 12.6. The summed E-state index contributed by atoms with van der Waals surface area (Å²) in [6.07, 6.45) is 0. The minimum absolute atomic E-state index is 0.235. The van der Waals surface area contributed by atoms with Gasteiger partial charge in [-0.3, -0.25) is 9.69 Å². The number of carbonyl (C=O) groups is 2. The van der Waals surface area contributed by atoms with Crippen molar-refractivity contribution in [2.75, 3.05) is 12.0 Å². The monoisotopic (exact) mass is 517 g/mol. The van der Waals surface area contributed by atoms with Gasteiger partial charge in [0.25, 0.3) is 0 Å². The van der Waals surface area contributed by atoms with Gasteiger partial charge in [-0.2, -0.15) is 0 Å². The van der Waals surface area contributed by atoms with Gasteiger partial charge in [-0.25, -0.2) is 4.79 Å². The second-order valence-corrected chi connectivity index (χ2v) is 8.90. The fourth-order valence-electron chi connectivity index (χ4n) is 4.34. The first kappa shape index (κ1) is 25.5. The van der Waals surface area contributed by atoms with Crippen LogP contribution in [-0.4, -0.2) is 19.0 Å². The zero-order valence-corrected chi connectivity index (χ0v) is 21.7. The van der Waals surface area contributed by atoms with E-state index in [1.807, 2.05) is 66.7 Å². The fraction of sp³-hybridized carbons (Fsp3) is 0.0909. The standard InChI is InChI=1S/C33H27NO5/c1-23(35)34(32-11-7-6-10-31(32)33(36)37-2)27-14-18-28(19-15-27)39-30-17-13-25-20-29(16-12-26(25)21-30)38-22-24-8-4-3-5-9-24/h3-21H,22H2,1-2H3. The van der Waals surface area contributed by atoms with E-state index in [-0.39, 0.29) is 5.91 Å². The van der Waals surface area contributed by atoms with E-state index in [1.165, 1.54) is 18.9 Å². The lowest BCUT2D eigenvalue weighted by Crippen LogP contribution is -2.25. The van der Waals surface area contributed by atoms with Gasteiger partial charge >= 0.3 is 5.97 Å². The summed E-state index contributed by atoms with van der Waals surface area (Å²) in [6.45, 7) is 1.96. The third-order valence-electron chi connectivity index (χ3n) is 6.23. The highest BCUT2D eigenvalue weighted by molar-refractivity contribution is 6.06. The molecule has 0 fully saturated rings. The van der Waals surface area contributed by atoms with E-state index in [4.69, 9.17) is 14.2 Å². The number of hydrogen-bond acceptors (Lipinski definition) is 5. The largest absolute Gasteiger partial charge is 0.489 e. The Labute approximate surface area is 227 Å². The number of hydrogen-bond donors (Lipinski definition) is 0. The van der Waals surface area contributed by atoms with Gasteiger partial charge in [-0.15, -0.1) is 0 Å². The maximum absolute atomic E-state index is 12.6. The quantitative estimate of drug-likeness (QED) is 0.198. The third kappa shape index (κ3) is 5.91. The minimum Gasteiger partial charge on any atom is -0.489 e. The number of esters is 1. The molecule has 0 N–H and O–H groups in total. The van der Waals surface area contributed by atoms with Gasteiger partial charge in [0.1, 0.15) is 23.9 Å². The molecule has 5 rings (SSSR count). The van der Waals surface area contributed by atoms with E-state index >= 15 is 0 Å². The minimum atomic E-state index is -0.511. The lowest BCUT2D eigenvalue weighted by atomic mass is 10.1. The van der Waals surface area contributed by atoms with Crippen LogP contribution in [-0.2, 0) is 16.1 Å². The molecule has 0 saturated carbocycles. The van der Waals surface area contributed by atoms with E-state index < -0.39 is 5.97 Å². The normalized spacial score (nSPS) is 10.6. The number of fused-ring (bicyclic) bond motifs is 1. The Morgan fingerprint density at radius 2 is 1.31 bits per heavy atom. The lowest BCUT2D eigenvalue weighted by molar-refractivity contribution is -0.115. The topological polar surface area (TPSA) is 65.1 Å². The molecule has 0 unspecified atom stereocenters. The molecular formula is C33H27NO5. The van der Waals surface area contributed by atoms with Crippen molar-refractivity contribution in [3.8, 4) is 17.2 Å². The fourth-order valence-corrected chi connectivity index (χ4v) is 4.34. The van der Waals surface area contributed by atoms with E-state index in [0.29, 0.717) is 35.0 Å². The number of rotatable bonds is 8. The van der Waals surface area contributed by atoms with Crippen molar-refractivity contribution < 1.29 is 23.8 Å². The molecule has 0 heterocycles. The van der Waals surface area contributed by atoms with Gasteiger partial charge < -0.3 is 14.2 Å². The first-order valence-corrected chi connectivity index (χ1v) is 12.5. The number of benzene rings is 5. The molecule has 1 amide bonds. The summed E-state index contributed by atoms with van der Waals surface area (Å²) in [4.78, 5) is 26.3. The Bertz CT molecular complexity index is 1610. The lowest BCUT2D eigenvalue weighted by Gasteiger charge is -2.23. The van der Waals surface area contributed by atoms with E-state index in [1.54, 1.807) is 48.5 Å². The molecule has 0 saturated heterocycles. The van der Waals surface area contributed by atoms with Crippen LogP contribution in [0.15, 0.2) is 115 Å². The van der Waals surface area contributed by atoms with Crippen molar-refractivity contribution in [3.05, 3.63) is 126 Å². The summed E-state index contributed by atoms with van der Waals surface area (Å²) < 4.78 is 16.9. The molecule has 0 aliphatic rings. The SMILES string of the molecule is COC(=O)c1ccccc1N(C(C)=O)c1ccc(Oc2ccc3cc(OCc4ccccc4)ccc3c2)cc1. The number of carbonyl (C=O) groups excluding carboxylic acids is 2. The van der Waals surface area contributed by atoms with E-state index in [9.17, 15) is 9.59 Å². The maximum Gasteiger partial charge on any atom is 0.339 e. The second-order valence-electron chi connectivity index (χ2n) is 8.90. The van der Waals surface area contributed by atoms with Crippen LogP contribution in [0.1, 0.15) is 22.8 Å². The number of anilines is 2. The van der Waals surface area contributed by atoms with Crippen LogP contribution in [0.5, 0.6) is 17.2 Å². The molecule has 6 heteroatoms. The number of methoxy groups -OCH3 is 1. The summed E-state index contributed by atoms with van der Waals surface area (Å²) >= 11 is 0. The molecule has 5 aromatic rings. The van der Waals surface area contributed by atoms with Gasteiger partial charge in [0.05, 0.1) is 18.4 Å². The molecule has 6 nitrogen and oxygen atoms in total. The smallest absolute Gasteiger partial charge is 0.339 e. The van der Waals surface area contributed by atoms with Crippen molar-refractivity contribution in [2.24, 2.45) is 0 Å². The molecule has 39 heavy (non-hydrogen) atoms.